The number of rotatable bonds is 4. The number of nitrogens with zero attached hydrogens (tertiary/aromatic N) is 1. The van der Waals surface area contributed by atoms with Gasteiger partial charge in [0, 0.05) is 23.4 Å². The molecule has 2 aromatic rings. The SMILES string of the molecule is COc1ccc(Oc2ccc(C=O)cn2)c(C(C)(C)C)c1. The molecule has 110 valence electrons. The van der Waals surface area contributed by atoms with Crippen LogP contribution in [0.2, 0.25) is 0 Å². The Morgan fingerprint density at radius 2 is 1.90 bits per heavy atom. The highest BCUT2D eigenvalue weighted by atomic mass is 16.5. The van der Waals surface area contributed by atoms with E-state index in [-0.39, 0.29) is 5.41 Å². The van der Waals surface area contributed by atoms with Gasteiger partial charge >= 0.3 is 0 Å². The zero-order valence-electron chi connectivity index (χ0n) is 12.7. The lowest BCUT2D eigenvalue weighted by atomic mass is 9.86. The lowest BCUT2D eigenvalue weighted by Gasteiger charge is -2.23. The van der Waals surface area contributed by atoms with Crippen LogP contribution in [0.5, 0.6) is 17.4 Å². The number of hydrogen-bond donors (Lipinski definition) is 0. The molecule has 0 unspecified atom stereocenters. The fourth-order valence-electron chi connectivity index (χ4n) is 1.95. The molecule has 1 heterocycles. The van der Waals surface area contributed by atoms with Crippen molar-refractivity contribution in [3.05, 3.63) is 47.7 Å². The van der Waals surface area contributed by atoms with E-state index in [2.05, 4.69) is 25.8 Å². The second-order valence-corrected chi connectivity index (χ2v) is 5.76. The Morgan fingerprint density at radius 1 is 1.14 bits per heavy atom. The Morgan fingerprint density at radius 3 is 2.43 bits per heavy atom. The maximum Gasteiger partial charge on any atom is 0.219 e. The van der Waals surface area contributed by atoms with Crippen molar-refractivity contribution >= 4 is 6.29 Å². The summed E-state index contributed by atoms with van der Waals surface area (Å²) >= 11 is 0. The molecular weight excluding hydrogens is 266 g/mol. The van der Waals surface area contributed by atoms with Crippen LogP contribution in [0.4, 0.5) is 0 Å². The Bertz CT molecular complexity index is 627. The molecule has 0 aliphatic rings. The summed E-state index contributed by atoms with van der Waals surface area (Å²) in [6.45, 7) is 6.33. The van der Waals surface area contributed by atoms with Gasteiger partial charge < -0.3 is 9.47 Å². The van der Waals surface area contributed by atoms with Crippen molar-refractivity contribution in [3.63, 3.8) is 0 Å². The first-order chi connectivity index (χ1) is 9.94. The van der Waals surface area contributed by atoms with E-state index in [0.29, 0.717) is 11.4 Å². The standard InChI is InChI=1S/C17H19NO3/c1-17(2,3)14-9-13(20-4)6-7-15(14)21-16-8-5-12(11-19)10-18-16/h5-11H,1-4H3. The molecule has 0 saturated carbocycles. The number of aromatic nitrogens is 1. The molecule has 0 spiro atoms. The summed E-state index contributed by atoms with van der Waals surface area (Å²) < 4.78 is 11.1. The first-order valence-corrected chi connectivity index (χ1v) is 6.71. The fraction of sp³-hybridized carbons (Fsp3) is 0.294. The average Bonchev–Trinajstić information content (AvgIpc) is 2.47. The Labute approximate surface area is 124 Å². The first kappa shape index (κ1) is 15.0. The number of carbonyl (C=O) groups is 1. The molecule has 0 radical (unpaired) electrons. The highest BCUT2D eigenvalue weighted by Gasteiger charge is 2.20. The minimum atomic E-state index is -0.0907. The molecule has 4 nitrogen and oxygen atoms in total. The predicted molar refractivity (Wildman–Crippen MR) is 81.4 cm³/mol. The van der Waals surface area contributed by atoms with Gasteiger partial charge in [-0.3, -0.25) is 4.79 Å². The lowest BCUT2D eigenvalue weighted by molar-refractivity contribution is 0.112. The smallest absolute Gasteiger partial charge is 0.219 e. The maximum atomic E-state index is 10.6. The Hall–Kier alpha value is -2.36. The molecule has 1 aromatic carbocycles. The third-order valence-electron chi connectivity index (χ3n) is 3.10. The van der Waals surface area contributed by atoms with Crippen LogP contribution >= 0.6 is 0 Å². The van der Waals surface area contributed by atoms with E-state index in [4.69, 9.17) is 9.47 Å². The second-order valence-electron chi connectivity index (χ2n) is 5.76. The molecule has 0 fully saturated rings. The summed E-state index contributed by atoms with van der Waals surface area (Å²) in [5.74, 6) is 1.97. The van der Waals surface area contributed by atoms with E-state index in [0.717, 1.165) is 23.3 Å². The van der Waals surface area contributed by atoms with Gasteiger partial charge in [-0.25, -0.2) is 4.98 Å². The van der Waals surface area contributed by atoms with Crippen molar-refractivity contribution in [1.29, 1.82) is 0 Å². The van der Waals surface area contributed by atoms with E-state index >= 15 is 0 Å². The number of methoxy groups -OCH3 is 1. The number of hydrogen-bond acceptors (Lipinski definition) is 4. The van der Waals surface area contributed by atoms with Crippen molar-refractivity contribution in [2.75, 3.05) is 7.11 Å². The van der Waals surface area contributed by atoms with E-state index in [1.165, 1.54) is 6.20 Å². The zero-order valence-corrected chi connectivity index (χ0v) is 12.7. The van der Waals surface area contributed by atoms with Crippen molar-refractivity contribution in [2.24, 2.45) is 0 Å². The van der Waals surface area contributed by atoms with Crippen molar-refractivity contribution < 1.29 is 14.3 Å². The Balaban J connectivity index is 2.36. The van der Waals surface area contributed by atoms with Gasteiger partial charge in [0.15, 0.2) is 6.29 Å². The van der Waals surface area contributed by atoms with Crippen LogP contribution in [0.3, 0.4) is 0 Å². The van der Waals surface area contributed by atoms with Gasteiger partial charge in [-0.2, -0.15) is 0 Å². The minimum Gasteiger partial charge on any atom is -0.497 e. The third kappa shape index (κ3) is 3.60. The summed E-state index contributed by atoms with van der Waals surface area (Å²) in [7, 11) is 1.64. The maximum absolute atomic E-state index is 10.6. The fourth-order valence-corrected chi connectivity index (χ4v) is 1.95. The van der Waals surface area contributed by atoms with Crippen LogP contribution in [0.1, 0.15) is 36.7 Å². The van der Waals surface area contributed by atoms with Gasteiger partial charge in [0.2, 0.25) is 5.88 Å². The van der Waals surface area contributed by atoms with Gasteiger partial charge in [0.1, 0.15) is 11.5 Å². The molecule has 0 amide bonds. The summed E-state index contributed by atoms with van der Waals surface area (Å²) in [6, 6.07) is 9.05. The average molecular weight is 285 g/mol. The van der Waals surface area contributed by atoms with E-state index in [9.17, 15) is 4.79 Å². The molecule has 0 N–H and O–H groups in total. The van der Waals surface area contributed by atoms with Gasteiger partial charge in [-0.05, 0) is 29.7 Å². The number of pyridine rings is 1. The molecule has 0 saturated heterocycles. The molecule has 21 heavy (non-hydrogen) atoms. The highest BCUT2D eigenvalue weighted by Crippen LogP contribution is 2.36. The van der Waals surface area contributed by atoms with Gasteiger partial charge in [-0.1, -0.05) is 20.8 Å². The summed E-state index contributed by atoms with van der Waals surface area (Å²) in [5, 5.41) is 0. The van der Waals surface area contributed by atoms with E-state index < -0.39 is 0 Å². The number of aldehydes is 1. The molecular formula is C17H19NO3. The van der Waals surface area contributed by atoms with Crippen LogP contribution in [0, 0.1) is 0 Å². The first-order valence-electron chi connectivity index (χ1n) is 6.71. The van der Waals surface area contributed by atoms with Gasteiger partial charge in [-0.15, -0.1) is 0 Å². The van der Waals surface area contributed by atoms with Crippen LogP contribution in [0.15, 0.2) is 36.5 Å². The van der Waals surface area contributed by atoms with E-state index in [1.807, 2.05) is 18.2 Å². The number of ether oxygens (including phenoxy) is 2. The molecule has 2 rings (SSSR count). The third-order valence-corrected chi connectivity index (χ3v) is 3.10. The summed E-state index contributed by atoms with van der Waals surface area (Å²) in [6.07, 6.45) is 2.24. The van der Waals surface area contributed by atoms with Gasteiger partial charge in [0.25, 0.3) is 0 Å². The van der Waals surface area contributed by atoms with E-state index in [1.54, 1.807) is 19.2 Å². The van der Waals surface area contributed by atoms with Crippen LogP contribution in [-0.2, 0) is 5.41 Å². The predicted octanol–water partition coefficient (Wildman–Crippen LogP) is 3.99. The quantitative estimate of drug-likeness (QED) is 0.797. The molecule has 0 aliphatic carbocycles. The summed E-state index contributed by atoms with van der Waals surface area (Å²) in [5.41, 5.74) is 1.46. The van der Waals surface area contributed by atoms with Gasteiger partial charge in [0.05, 0.1) is 7.11 Å². The molecule has 1 aromatic heterocycles. The monoisotopic (exact) mass is 285 g/mol. The number of benzene rings is 1. The normalized spacial score (nSPS) is 11.0. The molecule has 0 atom stereocenters. The molecule has 4 heteroatoms. The lowest BCUT2D eigenvalue weighted by Crippen LogP contribution is -2.13. The minimum absolute atomic E-state index is 0.0907. The zero-order chi connectivity index (χ0) is 15.5. The molecule has 0 aliphatic heterocycles. The van der Waals surface area contributed by atoms with Crippen molar-refractivity contribution in [3.8, 4) is 17.4 Å². The topological polar surface area (TPSA) is 48.4 Å². The number of carbonyl (C=O) groups excluding carboxylic acids is 1. The van der Waals surface area contributed by atoms with Crippen LogP contribution in [0.25, 0.3) is 0 Å². The Kier molecular flexibility index (Phi) is 4.26. The van der Waals surface area contributed by atoms with Crippen molar-refractivity contribution in [1.82, 2.24) is 4.98 Å². The largest absolute Gasteiger partial charge is 0.497 e. The van der Waals surface area contributed by atoms with Crippen LogP contribution < -0.4 is 9.47 Å². The molecule has 0 bridgehead atoms. The second kappa shape index (κ2) is 5.95. The van der Waals surface area contributed by atoms with Crippen LogP contribution in [-0.4, -0.2) is 18.4 Å². The van der Waals surface area contributed by atoms with Crippen molar-refractivity contribution in [2.45, 2.75) is 26.2 Å². The highest BCUT2D eigenvalue weighted by molar-refractivity contribution is 5.74. The summed E-state index contributed by atoms with van der Waals surface area (Å²) in [4.78, 5) is 14.8.